The van der Waals surface area contributed by atoms with E-state index >= 15 is 0 Å². The van der Waals surface area contributed by atoms with Crippen molar-refractivity contribution in [3.8, 4) is 11.6 Å². The molecule has 1 heterocycles. The lowest BCUT2D eigenvalue weighted by atomic mass is 10.2. The van der Waals surface area contributed by atoms with Crippen molar-refractivity contribution < 1.29 is 14.6 Å². The van der Waals surface area contributed by atoms with Gasteiger partial charge in [0, 0.05) is 23.4 Å². The molecule has 0 aliphatic carbocycles. The number of aryl methyl sites for hydroxylation is 1. The zero-order valence-corrected chi connectivity index (χ0v) is 10.2. The minimum atomic E-state index is -1.09. The first kappa shape index (κ1) is 12.3. The van der Waals surface area contributed by atoms with E-state index in [0.29, 0.717) is 10.8 Å². The highest BCUT2D eigenvalue weighted by atomic mass is 35.5. The number of benzene rings is 1. The summed E-state index contributed by atoms with van der Waals surface area (Å²) in [7, 11) is 0. The van der Waals surface area contributed by atoms with Gasteiger partial charge in [0.15, 0.2) is 0 Å². The van der Waals surface area contributed by atoms with E-state index < -0.39 is 5.97 Å². The Morgan fingerprint density at radius 3 is 2.83 bits per heavy atom. The van der Waals surface area contributed by atoms with Gasteiger partial charge in [0.05, 0.1) is 0 Å². The van der Waals surface area contributed by atoms with Crippen molar-refractivity contribution in [2.45, 2.75) is 6.92 Å². The van der Waals surface area contributed by atoms with E-state index in [9.17, 15) is 4.79 Å². The molecule has 5 nitrogen and oxygen atoms in total. The number of halogens is 1. The van der Waals surface area contributed by atoms with Gasteiger partial charge in [-0.15, -0.1) is 0 Å². The number of aromatic carboxylic acids is 1. The average Bonchev–Trinajstić information content (AvgIpc) is 2.28. The third kappa shape index (κ3) is 2.75. The number of carboxylic acid groups (broad SMARTS) is 1. The van der Waals surface area contributed by atoms with Crippen molar-refractivity contribution >= 4 is 17.6 Å². The summed E-state index contributed by atoms with van der Waals surface area (Å²) in [6.07, 6.45) is 1.53. The lowest BCUT2D eigenvalue weighted by Gasteiger charge is -2.08. The standard InChI is InChI=1S/C12H9ClN2O3/c1-7-14-5-4-11(15-7)18-10-6-8(13)2-3-9(10)12(16)17/h2-6H,1H3,(H,16,17). The Labute approximate surface area is 108 Å². The molecule has 0 radical (unpaired) electrons. The molecule has 2 aromatic rings. The van der Waals surface area contributed by atoms with E-state index in [0.717, 1.165) is 0 Å². The smallest absolute Gasteiger partial charge is 0.339 e. The van der Waals surface area contributed by atoms with Crippen molar-refractivity contribution in [1.82, 2.24) is 9.97 Å². The molecule has 0 unspecified atom stereocenters. The van der Waals surface area contributed by atoms with Gasteiger partial charge in [-0.25, -0.2) is 9.78 Å². The summed E-state index contributed by atoms with van der Waals surface area (Å²) in [6.45, 7) is 1.71. The Morgan fingerprint density at radius 1 is 1.39 bits per heavy atom. The molecule has 0 fully saturated rings. The molecule has 18 heavy (non-hydrogen) atoms. The number of rotatable bonds is 3. The van der Waals surface area contributed by atoms with Crippen LogP contribution in [0.5, 0.6) is 11.6 Å². The molecule has 6 heteroatoms. The second kappa shape index (κ2) is 5.01. The average molecular weight is 265 g/mol. The summed E-state index contributed by atoms with van der Waals surface area (Å²) in [5.41, 5.74) is 0.0238. The van der Waals surface area contributed by atoms with Gasteiger partial charge in [-0.3, -0.25) is 0 Å². The molecule has 1 aromatic heterocycles. The molecular formula is C12H9ClN2O3. The van der Waals surface area contributed by atoms with Crippen LogP contribution in [0, 0.1) is 6.92 Å². The summed E-state index contributed by atoms with van der Waals surface area (Å²) in [5.74, 6) is -0.140. The van der Waals surface area contributed by atoms with E-state index in [1.807, 2.05) is 0 Å². The van der Waals surface area contributed by atoms with E-state index in [-0.39, 0.29) is 17.2 Å². The first-order valence-electron chi connectivity index (χ1n) is 5.06. The molecule has 0 spiro atoms. The molecule has 0 amide bonds. The lowest BCUT2D eigenvalue weighted by Crippen LogP contribution is -2.01. The van der Waals surface area contributed by atoms with E-state index in [1.54, 1.807) is 13.0 Å². The summed E-state index contributed by atoms with van der Waals surface area (Å²) in [4.78, 5) is 19.0. The minimum Gasteiger partial charge on any atom is -0.478 e. The van der Waals surface area contributed by atoms with Crippen LogP contribution in [0.25, 0.3) is 0 Å². The molecule has 0 aliphatic rings. The van der Waals surface area contributed by atoms with E-state index in [2.05, 4.69) is 9.97 Å². The molecule has 0 aliphatic heterocycles. The fourth-order valence-corrected chi connectivity index (χ4v) is 1.52. The van der Waals surface area contributed by atoms with Crippen molar-refractivity contribution in [3.63, 3.8) is 0 Å². The first-order valence-corrected chi connectivity index (χ1v) is 5.44. The highest BCUT2D eigenvalue weighted by molar-refractivity contribution is 6.30. The van der Waals surface area contributed by atoms with Crippen molar-refractivity contribution in [3.05, 3.63) is 46.9 Å². The van der Waals surface area contributed by atoms with Gasteiger partial charge in [0.1, 0.15) is 17.1 Å². The minimum absolute atomic E-state index is 0.0238. The number of hydrogen-bond donors (Lipinski definition) is 1. The number of carboxylic acids is 1. The van der Waals surface area contributed by atoms with Gasteiger partial charge in [-0.1, -0.05) is 11.6 Å². The maximum absolute atomic E-state index is 11.0. The van der Waals surface area contributed by atoms with Crippen LogP contribution in [0.2, 0.25) is 5.02 Å². The van der Waals surface area contributed by atoms with Gasteiger partial charge in [-0.05, 0) is 19.1 Å². The summed E-state index contributed by atoms with van der Waals surface area (Å²) in [5, 5.41) is 9.42. The Bertz CT molecular complexity index is 602. The summed E-state index contributed by atoms with van der Waals surface area (Å²) < 4.78 is 5.42. The normalized spacial score (nSPS) is 10.1. The maximum atomic E-state index is 11.0. The van der Waals surface area contributed by atoms with Gasteiger partial charge < -0.3 is 9.84 Å². The van der Waals surface area contributed by atoms with E-state index in [1.165, 1.54) is 24.4 Å². The van der Waals surface area contributed by atoms with Crippen LogP contribution in [-0.4, -0.2) is 21.0 Å². The molecule has 0 saturated carbocycles. The number of nitrogens with zero attached hydrogens (tertiary/aromatic N) is 2. The predicted octanol–water partition coefficient (Wildman–Crippen LogP) is 2.93. The van der Waals surface area contributed by atoms with Gasteiger partial charge in [0.25, 0.3) is 0 Å². The number of hydrogen-bond acceptors (Lipinski definition) is 4. The second-order valence-corrected chi connectivity index (χ2v) is 3.93. The van der Waals surface area contributed by atoms with Crippen LogP contribution < -0.4 is 4.74 Å². The first-order chi connectivity index (χ1) is 8.56. The fraction of sp³-hybridized carbons (Fsp3) is 0.0833. The van der Waals surface area contributed by atoms with Crippen molar-refractivity contribution in [2.75, 3.05) is 0 Å². The molecule has 1 aromatic carbocycles. The molecule has 2 rings (SSSR count). The Hall–Kier alpha value is -2.14. The second-order valence-electron chi connectivity index (χ2n) is 3.49. The fourth-order valence-electron chi connectivity index (χ4n) is 1.36. The predicted molar refractivity (Wildman–Crippen MR) is 65.3 cm³/mol. The topological polar surface area (TPSA) is 72.3 Å². The van der Waals surface area contributed by atoms with Crippen LogP contribution in [0.1, 0.15) is 16.2 Å². The van der Waals surface area contributed by atoms with E-state index in [4.69, 9.17) is 21.4 Å². The molecule has 0 bridgehead atoms. The zero-order chi connectivity index (χ0) is 13.1. The number of carbonyl (C=O) groups is 1. The third-order valence-corrected chi connectivity index (χ3v) is 2.37. The molecule has 0 saturated heterocycles. The summed E-state index contributed by atoms with van der Waals surface area (Å²) >= 11 is 5.81. The Kier molecular flexibility index (Phi) is 3.43. The van der Waals surface area contributed by atoms with Gasteiger partial charge >= 0.3 is 5.97 Å². The molecular weight excluding hydrogens is 256 g/mol. The number of ether oxygens (including phenoxy) is 1. The molecule has 0 atom stereocenters. The van der Waals surface area contributed by atoms with Crippen LogP contribution in [0.3, 0.4) is 0 Å². The van der Waals surface area contributed by atoms with Crippen LogP contribution in [-0.2, 0) is 0 Å². The summed E-state index contributed by atoms with van der Waals surface area (Å²) in [6, 6.07) is 5.85. The monoisotopic (exact) mass is 264 g/mol. The Morgan fingerprint density at radius 2 is 2.17 bits per heavy atom. The molecule has 1 N–H and O–H groups in total. The quantitative estimate of drug-likeness (QED) is 0.923. The molecule has 92 valence electrons. The largest absolute Gasteiger partial charge is 0.478 e. The SMILES string of the molecule is Cc1nccc(Oc2cc(Cl)ccc2C(=O)O)n1. The lowest BCUT2D eigenvalue weighted by molar-refractivity contribution is 0.0694. The Balaban J connectivity index is 2.39. The van der Waals surface area contributed by atoms with Crippen LogP contribution in [0.15, 0.2) is 30.5 Å². The van der Waals surface area contributed by atoms with Crippen molar-refractivity contribution in [1.29, 1.82) is 0 Å². The van der Waals surface area contributed by atoms with Crippen molar-refractivity contribution in [2.24, 2.45) is 0 Å². The highest BCUT2D eigenvalue weighted by Gasteiger charge is 2.13. The van der Waals surface area contributed by atoms with Gasteiger partial charge in [-0.2, -0.15) is 4.98 Å². The van der Waals surface area contributed by atoms with Gasteiger partial charge in [0.2, 0.25) is 5.88 Å². The highest BCUT2D eigenvalue weighted by Crippen LogP contribution is 2.27. The number of aromatic nitrogens is 2. The third-order valence-electron chi connectivity index (χ3n) is 2.14. The maximum Gasteiger partial charge on any atom is 0.339 e. The van der Waals surface area contributed by atoms with Crippen LogP contribution in [0.4, 0.5) is 0 Å². The zero-order valence-electron chi connectivity index (χ0n) is 9.42. The van der Waals surface area contributed by atoms with Crippen LogP contribution >= 0.6 is 11.6 Å².